The van der Waals surface area contributed by atoms with E-state index in [1.54, 1.807) is 11.3 Å². The molecule has 0 aliphatic heterocycles. The van der Waals surface area contributed by atoms with Crippen LogP contribution in [0, 0.1) is 0 Å². The summed E-state index contributed by atoms with van der Waals surface area (Å²) in [5.41, 5.74) is 2.14. The first-order valence-corrected chi connectivity index (χ1v) is 8.20. The Morgan fingerprint density at radius 2 is 2.25 bits per heavy atom. The van der Waals surface area contributed by atoms with Gasteiger partial charge in [-0.3, -0.25) is 9.48 Å². The monoisotopic (exact) mass is 290 g/mol. The molecule has 108 valence electrons. The number of carbonyl (C=O) groups excluding carboxylic acids is 1. The number of thiophene rings is 1. The first-order chi connectivity index (χ1) is 9.72. The number of Topliss-reactive ketones (excluding diaryl/α,β-unsaturated/α-hetero) is 1. The van der Waals surface area contributed by atoms with Crippen LogP contribution in [0.3, 0.4) is 0 Å². The molecule has 0 aromatic carbocycles. The Hall–Kier alpha value is -1.42. The Bertz CT molecular complexity index is 543. The van der Waals surface area contributed by atoms with Gasteiger partial charge in [-0.1, -0.05) is 13.0 Å². The minimum absolute atomic E-state index is 0.318. The van der Waals surface area contributed by atoms with Crippen LogP contribution in [0.5, 0.6) is 0 Å². The van der Waals surface area contributed by atoms with Gasteiger partial charge in [-0.05, 0) is 43.7 Å². The first kappa shape index (κ1) is 15.0. The van der Waals surface area contributed by atoms with Crippen molar-refractivity contribution in [2.24, 2.45) is 0 Å². The smallest absolute Gasteiger partial charge is 0.138 e. The molecule has 0 saturated heterocycles. The van der Waals surface area contributed by atoms with Crippen LogP contribution >= 0.6 is 11.3 Å². The van der Waals surface area contributed by atoms with Crippen molar-refractivity contribution in [3.63, 3.8) is 0 Å². The number of aryl methyl sites for hydroxylation is 3. The van der Waals surface area contributed by atoms with E-state index in [4.69, 9.17) is 0 Å². The quantitative estimate of drug-likeness (QED) is 0.743. The minimum Gasteiger partial charge on any atom is -0.299 e. The molecule has 0 fully saturated rings. The Balaban J connectivity index is 1.83. The summed E-state index contributed by atoms with van der Waals surface area (Å²) < 4.78 is 1.95. The maximum atomic E-state index is 12.1. The van der Waals surface area contributed by atoms with E-state index in [2.05, 4.69) is 42.5 Å². The molecule has 0 unspecified atom stereocenters. The molecule has 0 saturated carbocycles. The standard InChI is InChI=1S/C16H22N2OS/c1-3-13-11-14(18(4-2)17-13)12-15(19)7-5-8-16-9-6-10-20-16/h6,9-11H,3-5,7-8,12H2,1-2H3. The number of nitrogens with zero attached hydrogens (tertiary/aromatic N) is 2. The largest absolute Gasteiger partial charge is 0.299 e. The van der Waals surface area contributed by atoms with Crippen LogP contribution in [-0.2, 0) is 30.6 Å². The minimum atomic E-state index is 0.318. The summed E-state index contributed by atoms with van der Waals surface area (Å²) >= 11 is 1.77. The first-order valence-electron chi connectivity index (χ1n) is 7.32. The third-order valence-corrected chi connectivity index (χ3v) is 4.35. The molecule has 0 spiro atoms. The number of aromatic nitrogens is 2. The maximum absolute atomic E-state index is 12.1. The van der Waals surface area contributed by atoms with Gasteiger partial charge in [-0.25, -0.2) is 0 Å². The summed E-state index contributed by atoms with van der Waals surface area (Å²) in [5, 5.41) is 6.57. The van der Waals surface area contributed by atoms with Crippen LogP contribution in [0.2, 0.25) is 0 Å². The van der Waals surface area contributed by atoms with Gasteiger partial charge in [0.1, 0.15) is 5.78 Å². The van der Waals surface area contributed by atoms with Gasteiger partial charge < -0.3 is 0 Å². The van der Waals surface area contributed by atoms with Crippen molar-refractivity contribution in [1.82, 2.24) is 9.78 Å². The van der Waals surface area contributed by atoms with Gasteiger partial charge in [0, 0.05) is 30.0 Å². The van der Waals surface area contributed by atoms with Crippen molar-refractivity contribution in [2.75, 3.05) is 0 Å². The predicted octanol–water partition coefficient (Wildman–Crippen LogP) is 3.66. The number of hydrogen-bond donors (Lipinski definition) is 0. The number of hydrogen-bond acceptors (Lipinski definition) is 3. The lowest BCUT2D eigenvalue weighted by Crippen LogP contribution is -2.09. The van der Waals surface area contributed by atoms with Crippen molar-refractivity contribution in [3.8, 4) is 0 Å². The molecular formula is C16H22N2OS. The Labute approximate surface area is 124 Å². The molecule has 2 rings (SSSR count). The molecule has 0 atom stereocenters. The zero-order valence-corrected chi connectivity index (χ0v) is 13.1. The Kier molecular flexibility index (Phi) is 5.53. The van der Waals surface area contributed by atoms with Crippen molar-refractivity contribution in [2.45, 2.75) is 52.5 Å². The number of rotatable bonds is 8. The Morgan fingerprint density at radius 1 is 1.40 bits per heavy atom. The van der Waals surface area contributed by atoms with Gasteiger partial charge in [-0.2, -0.15) is 5.10 Å². The number of carbonyl (C=O) groups is 1. The molecule has 0 bridgehead atoms. The lowest BCUT2D eigenvalue weighted by molar-refractivity contribution is -0.118. The summed E-state index contributed by atoms with van der Waals surface area (Å²) in [4.78, 5) is 13.4. The molecule has 3 nitrogen and oxygen atoms in total. The maximum Gasteiger partial charge on any atom is 0.138 e. The molecule has 0 N–H and O–H groups in total. The lowest BCUT2D eigenvalue weighted by Gasteiger charge is -2.03. The van der Waals surface area contributed by atoms with E-state index in [0.717, 1.165) is 37.2 Å². The van der Waals surface area contributed by atoms with Gasteiger partial charge in [0.15, 0.2) is 0 Å². The van der Waals surface area contributed by atoms with Gasteiger partial charge in [0.05, 0.1) is 5.69 Å². The van der Waals surface area contributed by atoms with Crippen molar-refractivity contribution >= 4 is 17.1 Å². The third-order valence-electron chi connectivity index (χ3n) is 3.41. The van der Waals surface area contributed by atoms with E-state index in [9.17, 15) is 4.79 Å². The van der Waals surface area contributed by atoms with Gasteiger partial charge in [0.25, 0.3) is 0 Å². The van der Waals surface area contributed by atoms with Crippen molar-refractivity contribution < 1.29 is 4.79 Å². The average Bonchev–Trinajstić information content (AvgIpc) is 3.08. The molecule has 20 heavy (non-hydrogen) atoms. The van der Waals surface area contributed by atoms with Crippen LogP contribution in [0.1, 0.15) is 43.0 Å². The summed E-state index contributed by atoms with van der Waals surface area (Å²) in [6.45, 7) is 4.99. The van der Waals surface area contributed by atoms with Crippen LogP contribution in [0.15, 0.2) is 23.6 Å². The molecule has 0 amide bonds. The van der Waals surface area contributed by atoms with E-state index >= 15 is 0 Å². The highest BCUT2D eigenvalue weighted by molar-refractivity contribution is 7.09. The summed E-state index contributed by atoms with van der Waals surface area (Å²) in [6, 6.07) is 6.27. The van der Waals surface area contributed by atoms with Crippen LogP contribution in [-0.4, -0.2) is 15.6 Å². The zero-order valence-electron chi connectivity index (χ0n) is 12.3. The highest BCUT2D eigenvalue weighted by Gasteiger charge is 2.10. The van der Waals surface area contributed by atoms with Crippen LogP contribution in [0.4, 0.5) is 0 Å². The summed E-state index contributed by atoms with van der Waals surface area (Å²) in [5.74, 6) is 0.318. The molecule has 2 aromatic heterocycles. The second-order valence-electron chi connectivity index (χ2n) is 4.94. The molecule has 0 aliphatic rings. The molecule has 0 aliphatic carbocycles. The molecular weight excluding hydrogens is 268 g/mol. The molecule has 0 radical (unpaired) electrons. The van der Waals surface area contributed by atoms with Crippen LogP contribution in [0.25, 0.3) is 0 Å². The number of ketones is 1. The summed E-state index contributed by atoms with van der Waals surface area (Å²) in [6.07, 6.45) is 4.06. The highest BCUT2D eigenvalue weighted by Crippen LogP contribution is 2.13. The fourth-order valence-corrected chi connectivity index (χ4v) is 3.06. The van der Waals surface area contributed by atoms with Crippen molar-refractivity contribution in [3.05, 3.63) is 39.8 Å². The van der Waals surface area contributed by atoms with E-state index in [1.807, 2.05) is 4.68 Å². The third kappa shape index (κ3) is 4.04. The fraction of sp³-hybridized carbons (Fsp3) is 0.500. The summed E-state index contributed by atoms with van der Waals surface area (Å²) in [7, 11) is 0. The zero-order chi connectivity index (χ0) is 14.4. The van der Waals surface area contributed by atoms with Crippen molar-refractivity contribution in [1.29, 1.82) is 0 Å². The lowest BCUT2D eigenvalue weighted by atomic mass is 10.1. The SMILES string of the molecule is CCc1cc(CC(=O)CCCc2cccs2)n(CC)n1. The predicted molar refractivity (Wildman–Crippen MR) is 83.2 cm³/mol. The molecule has 4 heteroatoms. The molecule has 2 heterocycles. The van der Waals surface area contributed by atoms with Gasteiger partial charge in [0.2, 0.25) is 0 Å². The van der Waals surface area contributed by atoms with Gasteiger partial charge >= 0.3 is 0 Å². The van der Waals surface area contributed by atoms with E-state index in [-0.39, 0.29) is 0 Å². The topological polar surface area (TPSA) is 34.9 Å². The Morgan fingerprint density at radius 3 is 2.90 bits per heavy atom. The second-order valence-corrected chi connectivity index (χ2v) is 5.98. The normalized spacial score (nSPS) is 10.9. The fourth-order valence-electron chi connectivity index (χ4n) is 2.31. The van der Waals surface area contributed by atoms with E-state index in [1.165, 1.54) is 4.88 Å². The van der Waals surface area contributed by atoms with Gasteiger partial charge in [-0.15, -0.1) is 11.3 Å². The second kappa shape index (κ2) is 7.39. The van der Waals surface area contributed by atoms with E-state index < -0.39 is 0 Å². The van der Waals surface area contributed by atoms with Crippen LogP contribution < -0.4 is 0 Å². The van der Waals surface area contributed by atoms with E-state index in [0.29, 0.717) is 18.6 Å². The molecule has 2 aromatic rings. The highest BCUT2D eigenvalue weighted by atomic mass is 32.1. The average molecular weight is 290 g/mol.